The molecule has 1 saturated heterocycles. The van der Waals surface area contributed by atoms with E-state index in [2.05, 4.69) is 43.4 Å². The van der Waals surface area contributed by atoms with Crippen LogP contribution >= 0.6 is 0 Å². The molecule has 0 aliphatic carbocycles. The topological polar surface area (TPSA) is 66.5 Å². The van der Waals surface area contributed by atoms with E-state index in [0.29, 0.717) is 25.6 Å². The largest absolute Gasteiger partial charge is 0.356 e. The number of aryl methyl sites for hydroxylation is 1. The highest BCUT2D eigenvalue weighted by Gasteiger charge is 2.29. The molecule has 0 saturated carbocycles. The molecule has 1 aliphatic heterocycles. The van der Waals surface area contributed by atoms with E-state index in [0.717, 1.165) is 25.7 Å². The van der Waals surface area contributed by atoms with Crippen LogP contribution in [-0.2, 0) is 21.2 Å². The van der Waals surface area contributed by atoms with Crippen molar-refractivity contribution in [2.75, 3.05) is 25.9 Å². The summed E-state index contributed by atoms with van der Waals surface area (Å²) >= 11 is 0. The Kier molecular flexibility index (Phi) is 7.02. The predicted octanol–water partition coefficient (Wildman–Crippen LogP) is 2.53. The molecule has 1 heterocycles. The normalized spacial score (nSPS) is 19.1. The number of rotatable bonds is 7. The van der Waals surface area contributed by atoms with E-state index in [4.69, 9.17) is 0 Å². The molecule has 25 heavy (non-hydrogen) atoms. The Morgan fingerprint density at radius 3 is 2.56 bits per heavy atom. The molecule has 1 atom stereocenters. The Balaban J connectivity index is 1.73. The molecule has 1 aromatic carbocycles. The SMILES string of the molecule is CC(C)c1ccc(CCCNC(=O)[C@H]2CCCN(S(C)(=O)=O)C2)cc1. The van der Waals surface area contributed by atoms with E-state index in [-0.39, 0.29) is 11.8 Å². The van der Waals surface area contributed by atoms with Crippen LogP contribution in [0.4, 0.5) is 0 Å². The number of amides is 1. The van der Waals surface area contributed by atoms with E-state index in [1.165, 1.54) is 21.7 Å². The van der Waals surface area contributed by atoms with Gasteiger partial charge in [0.1, 0.15) is 0 Å². The third-order valence-electron chi connectivity index (χ3n) is 4.81. The summed E-state index contributed by atoms with van der Waals surface area (Å²) in [6.07, 6.45) is 4.52. The smallest absolute Gasteiger partial charge is 0.224 e. The number of carbonyl (C=O) groups is 1. The van der Waals surface area contributed by atoms with E-state index >= 15 is 0 Å². The highest BCUT2D eigenvalue weighted by atomic mass is 32.2. The van der Waals surface area contributed by atoms with Crippen molar-refractivity contribution in [3.8, 4) is 0 Å². The molecule has 6 heteroatoms. The molecule has 0 bridgehead atoms. The Morgan fingerprint density at radius 2 is 1.96 bits per heavy atom. The Bertz CT molecular complexity index is 668. The second-order valence-electron chi connectivity index (χ2n) is 7.25. The van der Waals surface area contributed by atoms with Gasteiger partial charge in [0.05, 0.1) is 12.2 Å². The molecule has 0 unspecified atom stereocenters. The summed E-state index contributed by atoms with van der Waals surface area (Å²) in [5, 5.41) is 2.96. The third kappa shape index (κ3) is 6.12. The molecule has 2 rings (SSSR count). The summed E-state index contributed by atoms with van der Waals surface area (Å²) < 4.78 is 24.7. The van der Waals surface area contributed by atoms with Gasteiger partial charge < -0.3 is 5.32 Å². The van der Waals surface area contributed by atoms with Crippen molar-refractivity contribution in [1.29, 1.82) is 0 Å². The zero-order valence-electron chi connectivity index (χ0n) is 15.5. The fourth-order valence-electron chi connectivity index (χ4n) is 3.18. The number of carbonyl (C=O) groups excluding carboxylic acids is 1. The monoisotopic (exact) mass is 366 g/mol. The van der Waals surface area contributed by atoms with Crippen molar-refractivity contribution in [3.63, 3.8) is 0 Å². The number of piperidine rings is 1. The maximum absolute atomic E-state index is 12.3. The van der Waals surface area contributed by atoms with Crippen molar-refractivity contribution >= 4 is 15.9 Å². The zero-order chi connectivity index (χ0) is 18.4. The summed E-state index contributed by atoms with van der Waals surface area (Å²) in [6.45, 7) is 5.82. The van der Waals surface area contributed by atoms with Gasteiger partial charge in [-0.15, -0.1) is 0 Å². The van der Waals surface area contributed by atoms with Gasteiger partial charge in [-0.2, -0.15) is 0 Å². The number of benzene rings is 1. The zero-order valence-corrected chi connectivity index (χ0v) is 16.3. The van der Waals surface area contributed by atoms with E-state index < -0.39 is 10.0 Å². The van der Waals surface area contributed by atoms with Crippen LogP contribution in [0.1, 0.15) is 50.2 Å². The van der Waals surface area contributed by atoms with Crippen LogP contribution in [0.2, 0.25) is 0 Å². The minimum atomic E-state index is -3.21. The summed E-state index contributed by atoms with van der Waals surface area (Å²) in [4.78, 5) is 12.3. The van der Waals surface area contributed by atoms with Crippen LogP contribution in [0.15, 0.2) is 24.3 Å². The molecule has 5 nitrogen and oxygen atoms in total. The van der Waals surface area contributed by atoms with Crippen molar-refractivity contribution in [2.24, 2.45) is 5.92 Å². The van der Waals surface area contributed by atoms with Crippen LogP contribution in [0, 0.1) is 5.92 Å². The van der Waals surface area contributed by atoms with Gasteiger partial charge in [-0.1, -0.05) is 38.1 Å². The molecular weight excluding hydrogens is 336 g/mol. The first kappa shape index (κ1) is 19.9. The van der Waals surface area contributed by atoms with Crippen LogP contribution in [-0.4, -0.2) is 44.5 Å². The molecule has 1 N–H and O–H groups in total. The quantitative estimate of drug-likeness (QED) is 0.754. The van der Waals surface area contributed by atoms with E-state index in [9.17, 15) is 13.2 Å². The molecule has 0 radical (unpaired) electrons. The molecule has 0 spiro atoms. The second kappa shape index (κ2) is 8.81. The molecule has 1 aliphatic rings. The van der Waals surface area contributed by atoms with Gasteiger partial charge in [-0.05, 0) is 42.7 Å². The van der Waals surface area contributed by atoms with Gasteiger partial charge in [0.2, 0.25) is 15.9 Å². The number of nitrogens with one attached hydrogen (secondary N) is 1. The minimum Gasteiger partial charge on any atom is -0.356 e. The number of sulfonamides is 1. The summed E-state index contributed by atoms with van der Waals surface area (Å²) in [6, 6.07) is 8.64. The van der Waals surface area contributed by atoms with E-state index in [1.807, 2.05) is 0 Å². The molecule has 1 fully saturated rings. The maximum Gasteiger partial charge on any atom is 0.224 e. The standard InChI is InChI=1S/C19H30N2O3S/c1-15(2)17-10-8-16(9-11-17)6-4-12-20-19(22)18-7-5-13-21(14-18)25(3,23)24/h8-11,15,18H,4-7,12-14H2,1-3H3,(H,20,22)/t18-/m0/s1. The lowest BCUT2D eigenvalue weighted by Gasteiger charge is -2.30. The van der Waals surface area contributed by atoms with Crippen LogP contribution in [0.25, 0.3) is 0 Å². The van der Waals surface area contributed by atoms with Crippen molar-refractivity contribution in [2.45, 2.75) is 45.4 Å². The molecule has 1 aromatic rings. The predicted molar refractivity (Wildman–Crippen MR) is 101 cm³/mol. The van der Waals surface area contributed by atoms with Gasteiger partial charge >= 0.3 is 0 Å². The average molecular weight is 367 g/mol. The number of nitrogens with zero attached hydrogens (tertiary/aromatic N) is 1. The van der Waals surface area contributed by atoms with Crippen LogP contribution in [0.5, 0.6) is 0 Å². The fraction of sp³-hybridized carbons (Fsp3) is 0.632. The Hall–Kier alpha value is -1.40. The second-order valence-corrected chi connectivity index (χ2v) is 9.23. The van der Waals surface area contributed by atoms with Crippen molar-refractivity contribution < 1.29 is 13.2 Å². The Morgan fingerprint density at radius 1 is 1.28 bits per heavy atom. The minimum absolute atomic E-state index is 0.0245. The fourth-order valence-corrected chi connectivity index (χ4v) is 4.09. The van der Waals surface area contributed by atoms with Crippen LogP contribution in [0.3, 0.4) is 0 Å². The summed E-state index contributed by atoms with van der Waals surface area (Å²) in [7, 11) is -3.21. The molecule has 1 amide bonds. The molecule has 140 valence electrons. The number of hydrogen-bond donors (Lipinski definition) is 1. The lowest BCUT2D eigenvalue weighted by Crippen LogP contribution is -2.45. The van der Waals surface area contributed by atoms with Gasteiger partial charge in [0, 0.05) is 19.6 Å². The maximum atomic E-state index is 12.3. The van der Waals surface area contributed by atoms with Gasteiger partial charge in [0.25, 0.3) is 0 Å². The molecule has 0 aromatic heterocycles. The number of hydrogen-bond acceptors (Lipinski definition) is 3. The highest BCUT2D eigenvalue weighted by Crippen LogP contribution is 2.19. The first-order chi connectivity index (χ1) is 11.8. The van der Waals surface area contributed by atoms with Crippen molar-refractivity contribution in [1.82, 2.24) is 9.62 Å². The van der Waals surface area contributed by atoms with Gasteiger partial charge in [-0.3, -0.25) is 4.79 Å². The highest BCUT2D eigenvalue weighted by molar-refractivity contribution is 7.88. The van der Waals surface area contributed by atoms with Crippen LogP contribution < -0.4 is 5.32 Å². The van der Waals surface area contributed by atoms with E-state index in [1.54, 1.807) is 0 Å². The lowest BCUT2D eigenvalue weighted by molar-refractivity contribution is -0.126. The third-order valence-corrected chi connectivity index (χ3v) is 6.08. The summed E-state index contributed by atoms with van der Waals surface area (Å²) in [5.74, 6) is 0.285. The van der Waals surface area contributed by atoms with Gasteiger partial charge in [0.15, 0.2) is 0 Å². The Labute approximate surface area is 151 Å². The molecular formula is C19H30N2O3S. The first-order valence-electron chi connectivity index (χ1n) is 9.09. The first-order valence-corrected chi connectivity index (χ1v) is 10.9. The summed E-state index contributed by atoms with van der Waals surface area (Å²) in [5.41, 5.74) is 2.62. The average Bonchev–Trinajstić information content (AvgIpc) is 2.58. The van der Waals surface area contributed by atoms with Crippen molar-refractivity contribution in [3.05, 3.63) is 35.4 Å². The van der Waals surface area contributed by atoms with Gasteiger partial charge in [-0.25, -0.2) is 12.7 Å². The lowest BCUT2D eigenvalue weighted by atomic mass is 9.98.